The second-order valence-corrected chi connectivity index (χ2v) is 3.95. The van der Waals surface area contributed by atoms with E-state index in [1.807, 2.05) is 0 Å². The SMILES string of the molecule is C[C@H](Nc1nc(C(F)F)nc2ccccc12)C(=O)O. The van der Waals surface area contributed by atoms with Crippen molar-refractivity contribution in [3.8, 4) is 0 Å². The van der Waals surface area contributed by atoms with Crippen LogP contribution in [0.3, 0.4) is 0 Å². The fraction of sp³-hybridized carbons (Fsp3) is 0.250. The van der Waals surface area contributed by atoms with Crippen LogP contribution in [-0.2, 0) is 4.79 Å². The van der Waals surface area contributed by atoms with Gasteiger partial charge in [0.1, 0.15) is 11.9 Å². The van der Waals surface area contributed by atoms with Crippen LogP contribution in [0, 0.1) is 0 Å². The number of anilines is 1. The Morgan fingerprint density at radius 1 is 1.32 bits per heavy atom. The lowest BCUT2D eigenvalue weighted by atomic mass is 10.2. The van der Waals surface area contributed by atoms with Crippen molar-refractivity contribution in [1.29, 1.82) is 0 Å². The van der Waals surface area contributed by atoms with Crippen LogP contribution in [0.2, 0.25) is 0 Å². The minimum Gasteiger partial charge on any atom is -0.480 e. The van der Waals surface area contributed by atoms with E-state index in [-0.39, 0.29) is 5.82 Å². The van der Waals surface area contributed by atoms with Gasteiger partial charge in [-0.3, -0.25) is 4.79 Å². The van der Waals surface area contributed by atoms with Crippen LogP contribution in [0.25, 0.3) is 10.9 Å². The Morgan fingerprint density at radius 3 is 2.63 bits per heavy atom. The van der Waals surface area contributed by atoms with Gasteiger partial charge in [0.15, 0.2) is 5.82 Å². The summed E-state index contributed by atoms with van der Waals surface area (Å²) in [5.74, 6) is -1.63. The monoisotopic (exact) mass is 267 g/mol. The van der Waals surface area contributed by atoms with Gasteiger partial charge in [0, 0.05) is 5.39 Å². The maximum Gasteiger partial charge on any atom is 0.325 e. The second kappa shape index (κ2) is 5.13. The van der Waals surface area contributed by atoms with Crippen molar-refractivity contribution in [2.24, 2.45) is 0 Å². The number of aromatic nitrogens is 2. The summed E-state index contributed by atoms with van der Waals surface area (Å²) in [6.07, 6.45) is -2.81. The molecule has 5 nitrogen and oxygen atoms in total. The zero-order valence-corrected chi connectivity index (χ0v) is 9.97. The molecule has 0 radical (unpaired) electrons. The number of halogens is 2. The number of para-hydroxylation sites is 1. The number of benzene rings is 1. The third kappa shape index (κ3) is 2.75. The molecule has 2 aromatic rings. The first-order valence-corrected chi connectivity index (χ1v) is 5.53. The number of rotatable bonds is 4. The molecule has 0 amide bonds. The Balaban J connectivity index is 2.53. The van der Waals surface area contributed by atoms with Gasteiger partial charge < -0.3 is 10.4 Å². The largest absolute Gasteiger partial charge is 0.480 e. The molecule has 0 fully saturated rings. The smallest absolute Gasteiger partial charge is 0.325 e. The summed E-state index contributed by atoms with van der Waals surface area (Å²) in [5, 5.41) is 11.9. The van der Waals surface area contributed by atoms with Gasteiger partial charge >= 0.3 is 5.97 Å². The Morgan fingerprint density at radius 2 is 2.00 bits per heavy atom. The highest BCUT2D eigenvalue weighted by Gasteiger charge is 2.18. The Bertz CT molecular complexity index is 619. The summed E-state index contributed by atoms with van der Waals surface area (Å²) < 4.78 is 25.4. The molecule has 0 spiro atoms. The molecule has 0 saturated carbocycles. The van der Waals surface area contributed by atoms with E-state index >= 15 is 0 Å². The normalized spacial score (nSPS) is 12.6. The maximum atomic E-state index is 12.7. The first kappa shape index (κ1) is 13.1. The fourth-order valence-electron chi connectivity index (χ4n) is 1.57. The van der Waals surface area contributed by atoms with E-state index in [2.05, 4.69) is 15.3 Å². The van der Waals surface area contributed by atoms with Crippen molar-refractivity contribution in [2.75, 3.05) is 5.32 Å². The average molecular weight is 267 g/mol. The minimum atomic E-state index is -2.81. The maximum absolute atomic E-state index is 12.7. The van der Waals surface area contributed by atoms with Gasteiger partial charge in [-0.2, -0.15) is 0 Å². The number of carboxylic acid groups (broad SMARTS) is 1. The number of carboxylic acids is 1. The van der Waals surface area contributed by atoms with E-state index in [0.29, 0.717) is 10.9 Å². The molecule has 2 rings (SSSR count). The number of fused-ring (bicyclic) bond motifs is 1. The molecule has 2 N–H and O–H groups in total. The number of aliphatic carboxylic acids is 1. The zero-order chi connectivity index (χ0) is 14.0. The van der Waals surface area contributed by atoms with Crippen LogP contribution in [0.1, 0.15) is 19.2 Å². The summed E-state index contributed by atoms with van der Waals surface area (Å²) in [4.78, 5) is 18.2. The van der Waals surface area contributed by atoms with E-state index in [9.17, 15) is 13.6 Å². The van der Waals surface area contributed by atoms with Crippen LogP contribution in [-0.4, -0.2) is 27.1 Å². The Hall–Kier alpha value is -2.31. The summed E-state index contributed by atoms with van der Waals surface area (Å²) in [5.41, 5.74) is 0.341. The van der Waals surface area contributed by atoms with Gasteiger partial charge in [0.05, 0.1) is 5.52 Å². The van der Waals surface area contributed by atoms with Gasteiger partial charge in [0.2, 0.25) is 0 Å². The molecule has 0 saturated heterocycles. The van der Waals surface area contributed by atoms with Crippen molar-refractivity contribution in [3.05, 3.63) is 30.1 Å². The second-order valence-electron chi connectivity index (χ2n) is 3.95. The van der Waals surface area contributed by atoms with Gasteiger partial charge in [-0.05, 0) is 19.1 Å². The number of nitrogens with one attached hydrogen (secondary N) is 1. The summed E-state index contributed by atoms with van der Waals surface area (Å²) in [6.45, 7) is 1.40. The lowest BCUT2D eigenvalue weighted by molar-refractivity contribution is -0.137. The summed E-state index contributed by atoms with van der Waals surface area (Å²) >= 11 is 0. The third-order valence-electron chi connectivity index (χ3n) is 2.54. The van der Waals surface area contributed by atoms with Gasteiger partial charge in [-0.1, -0.05) is 12.1 Å². The average Bonchev–Trinajstić information content (AvgIpc) is 2.38. The van der Waals surface area contributed by atoms with Crippen molar-refractivity contribution in [3.63, 3.8) is 0 Å². The number of hydrogen-bond donors (Lipinski definition) is 2. The molecule has 0 aliphatic heterocycles. The van der Waals surface area contributed by atoms with Crippen molar-refractivity contribution < 1.29 is 18.7 Å². The topological polar surface area (TPSA) is 75.1 Å². The molecule has 1 aromatic heterocycles. The highest BCUT2D eigenvalue weighted by Crippen LogP contribution is 2.24. The minimum absolute atomic E-state index is 0.0933. The number of hydrogen-bond acceptors (Lipinski definition) is 4. The van der Waals surface area contributed by atoms with Crippen LogP contribution in [0.4, 0.5) is 14.6 Å². The molecule has 1 atom stereocenters. The van der Waals surface area contributed by atoms with E-state index < -0.39 is 24.3 Å². The molecule has 1 heterocycles. The quantitative estimate of drug-likeness (QED) is 0.890. The van der Waals surface area contributed by atoms with E-state index in [0.717, 1.165) is 0 Å². The molecule has 0 unspecified atom stereocenters. The molecule has 7 heteroatoms. The predicted octanol–water partition coefficient (Wildman–Crippen LogP) is 2.45. The number of nitrogens with zero attached hydrogens (tertiary/aromatic N) is 2. The molecule has 0 aliphatic carbocycles. The first-order chi connectivity index (χ1) is 8.99. The van der Waals surface area contributed by atoms with Crippen molar-refractivity contribution >= 4 is 22.7 Å². The van der Waals surface area contributed by atoms with Crippen LogP contribution in [0.15, 0.2) is 24.3 Å². The van der Waals surface area contributed by atoms with Crippen LogP contribution < -0.4 is 5.32 Å². The van der Waals surface area contributed by atoms with Crippen molar-refractivity contribution in [1.82, 2.24) is 9.97 Å². The molecule has 0 aliphatic rings. The molecule has 1 aromatic carbocycles. The summed E-state index contributed by atoms with van der Waals surface area (Å²) in [7, 11) is 0. The van der Waals surface area contributed by atoms with E-state index in [4.69, 9.17) is 5.11 Å². The van der Waals surface area contributed by atoms with Crippen LogP contribution in [0.5, 0.6) is 0 Å². The van der Waals surface area contributed by atoms with Crippen LogP contribution >= 0.6 is 0 Å². The fourth-order valence-corrected chi connectivity index (χ4v) is 1.57. The van der Waals surface area contributed by atoms with E-state index in [1.165, 1.54) is 6.92 Å². The lowest BCUT2D eigenvalue weighted by Gasteiger charge is -2.13. The van der Waals surface area contributed by atoms with Gasteiger partial charge in [-0.25, -0.2) is 18.7 Å². The van der Waals surface area contributed by atoms with Gasteiger partial charge in [0.25, 0.3) is 6.43 Å². The number of alkyl halides is 2. The predicted molar refractivity (Wildman–Crippen MR) is 65.2 cm³/mol. The molecule has 19 heavy (non-hydrogen) atoms. The first-order valence-electron chi connectivity index (χ1n) is 5.53. The number of carbonyl (C=O) groups is 1. The summed E-state index contributed by atoms with van der Waals surface area (Å²) in [6, 6.07) is 5.63. The highest BCUT2D eigenvalue weighted by atomic mass is 19.3. The van der Waals surface area contributed by atoms with Gasteiger partial charge in [-0.15, -0.1) is 0 Å². The Labute approximate surface area is 107 Å². The highest BCUT2D eigenvalue weighted by molar-refractivity contribution is 5.90. The van der Waals surface area contributed by atoms with Crippen molar-refractivity contribution in [2.45, 2.75) is 19.4 Å². The molecule has 0 bridgehead atoms. The lowest BCUT2D eigenvalue weighted by Crippen LogP contribution is -2.26. The third-order valence-corrected chi connectivity index (χ3v) is 2.54. The molecule has 100 valence electrons. The molecular weight excluding hydrogens is 256 g/mol. The Kier molecular flexibility index (Phi) is 3.55. The van der Waals surface area contributed by atoms with E-state index in [1.54, 1.807) is 24.3 Å². The standard InChI is InChI=1S/C12H11F2N3O2/c1-6(12(18)19)15-10-7-4-2-3-5-8(7)16-11(17-10)9(13)14/h2-6,9H,1H3,(H,18,19)(H,15,16,17)/t6-/m0/s1. The molecular formula is C12H11F2N3O2. The zero-order valence-electron chi connectivity index (χ0n) is 9.97.